The molecule has 7 rings (SSSR count). The van der Waals surface area contributed by atoms with Crippen LogP contribution in [-0.2, 0) is 10.2 Å². The number of nitrogens with zero attached hydrogens (tertiary/aromatic N) is 7. The second kappa shape index (κ2) is 11.1. The van der Waals surface area contributed by atoms with E-state index in [2.05, 4.69) is 46.4 Å². The second-order valence-corrected chi connectivity index (χ2v) is 12.7. The molecule has 0 bridgehead atoms. The van der Waals surface area contributed by atoms with Crippen molar-refractivity contribution in [3.63, 3.8) is 0 Å². The third-order valence-electron chi connectivity index (χ3n) is 8.28. The monoisotopic (exact) mass is 591 g/mol. The molecular weight excluding hydrogens is 554 g/mol. The lowest BCUT2D eigenvalue weighted by Crippen LogP contribution is -2.17. The molecule has 1 aliphatic carbocycles. The number of benzene rings is 1. The molecular formula is C33H37N9O2. The fourth-order valence-corrected chi connectivity index (χ4v) is 5.56. The number of pyridine rings is 1. The molecule has 1 unspecified atom stereocenters. The smallest absolute Gasteiger partial charge is 0.256 e. The maximum Gasteiger partial charge on any atom is 0.256 e. The number of amides is 1. The van der Waals surface area contributed by atoms with Crippen molar-refractivity contribution in [3.8, 4) is 11.3 Å². The summed E-state index contributed by atoms with van der Waals surface area (Å²) in [5.74, 6) is 1.15. The van der Waals surface area contributed by atoms with E-state index in [0.717, 1.165) is 72.7 Å². The minimum Gasteiger partial charge on any atom is -0.358 e. The van der Waals surface area contributed by atoms with Gasteiger partial charge in [-0.05, 0) is 68.9 Å². The number of rotatable bonds is 7. The number of ether oxygens (including phenoxy) is 1. The van der Waals surface area contributed by atoms with Crippen LogP contribution in [0.5, 0.6) is 0 Å². The molecule has 1 aromatic carbocycles. The lowest BCUT2D eigenvalue weighted by molar-refractivity contribution is -0.0298. The number of fused-ring (bicyclic) bond motifs is 1. The molecule has 11 heteroatoms. The van der Waals surface area contributed by atoms with Gasteiger partial charge in [0.25, 0.3) is 5.91 Å². The van der Waals surface area contributed by atoms with Crippen LogP contribution in [0.3, 0.4) is 0 Å². The zero-order valence-corrected chi connectivity index (χ0v) is 25.5. The van der Waals surface area contributed by atoms with Crippen LogP contribution < -0.4 is 10.6 Å². The van der Waals surface area contributed by atoms with Gasteiger partial charge in [0.05, 0.1) is 18.1 Å². The van der Waals surface area contributed by atoms with Gasteiger partial charge in [-0.25, -0.2) is 24.6 Å². The Balaban J connectivity index is 1.18. The number of hydrogen-bond donors (Lipinski definition) is 2. The first-order valence-corrected chi connectivity index (χ1v) is 15.3. The van der Waals surface area contributed by atoms with Gasteiger partial charge in [-0.1, -0.05) is 26.8 Å². The molecule has 11 nitrogen and oxygen atoms in total. The van der Waals surface area contributed by atoms with Crippen molar-refractivity contribution in [1.29, 1.82) is 0 Å². The maximum absolute atomic E-state index is 13.5. The summed E-state index contributed by atoms with van der Waals surface area (Å²) in [4.78, 5) is 32.0. The Hall–Kier alpha value is -4.64. The van der Waals surface area contributed by atoms with Gasteiger partial charge in [-0.3, -0.25) is 9.36 Å². The largest absolute Gasteiger partial charge is 0.358 e. The Bertz CT molecular complexity index is 1840. The van der Waals surface area contributed by atoms with Gasteiger partial charge in [0, 0.05) is 41.1 Å². The summed E-state index contributed by atoms with van der Waals surface area (Å²) in [6, 6.07) is 11.8. The van der Waals surface area contributed by atoms with E-state index >= 15 is 0 Å². The number of aryl methyl sites for hydroxylation is 1. The summed E-state index contributed by atoms with van der Waals surface area (Å²) in [5.41, 5.74) is 6.00. The Kier molecular flexibility index (Phi) is 7.12. The number of carbonyl (C=O) groups excluding carboxylic acids is 1. The van der Waals surface area contributed by atoms with E-state index in [0.29, 0.717) is 28.6 Å². The zero-order valence-electron chi connectivity index (χ0n) is 25.5. The van der Waals surface area contributed by atoms with Gasteiger partial charge in [-0.2, -0.15) is 5.10 Å². The van der Waals surface area contributed by atoms with Crippen LogP contribution in [0.15, 0.2) is 55.2 Å². The molecule has 2 fully saturated rings. The van der Waals surface area contributed by atoms with Crippen LogP contribution >= 0.6 is 0 Å². The van der Waals surface area contributed by atoms with Crippen LogP contribution in [0.25, 0.3) is 22.4 Å². The molecule has 5 heterocycles. The molecule has 1 atom stereocenters. The van der Waals surface area contributed by atoms with Crippen LogP contribution in [0.4, 0.5) is 17.3 Å². The molecule has 44 heavy (non-hydrogen) atoms. The highest BCUT2D eigenvalue weighted by atomic mass is 16.5. The standard InChI is InChI=1S/C33H37N9O2/c1-20-10-11-21(32(43)39-26-17-25(33(2,3)4)40-42(26)22-12-13-22)16-24(20)38-30-23(8-7-14-34-30)28-29-31(36-18-35-28)41(19-37-29)27-9-5-6-15-44-27/h7-8,10-11,14,16-19,22,27H,5-6,9,12-13,15H2,1-4H3,(H,34,38)(H,39,43). The Labute approximate surface area is 256 Å². The summed E-state index contributed by atoms with van der Waals surface area (Å²) in [5, 5.41) is 11.4. The van der Waals surface area contributed by atoms with Crippen molar-refractivity contribution in [2.24, 2.45) is 0 Å². The van der Waals surface area contributed by atoms with E-state index in [-0.39, 0.29) is 17.6 Å². The predicted molar refractivity (Wildman–Crippen MR) is 169 cm³/mol. The van der Waals surface area contributed by atoms with Crippen LogP contribution in [0.1, 0.15) is 86.8 Å². The molecule has 1 saturated carbocycles. The fourth-order valence-electron chi connectivity index (χ4n) is 5.56. The summed E-state index contributed by atoms with van der Waals surface area (Å²) >= 11 is 0. The van der Waals surface area contributed by atoms with E-state index < -0.39 is 0 Å². The number of imidazole rings is 1. The van der Waals surface area contributed by atoms with Crippen molar-refractivity contribution in [2.75, 3.05) is 17.2 Å². The van der Waals surface area contributed by atoms with E-state index in [4.69, 9.17) is 14.8 Å². The summed E-state index contributed by atoms with van der Waals surface area (Å²) in [7, 11) is 0. The molecule has 226 valence electrons. The van der Waals surface area contributed by atoms with E-state index in [1.54, 1.807) is 18.9 Å². The van der Waals surface area contributed by atoms with Crippen LogP contribution in [0.2, 0.25) is 0 Å². The van der Waals surface area contributed by atoms with Gasteiger partial charge in [-0.15, -0.1) is 0 Å². The first-order valence-electron chi connectivity index (χ1n) is 15.3. The van der Waals surface area contributed by atoms with Gasteiger partial charge in [0.15, 0.2) is 5.65 Å². The van der Waals surface area contributed by atoms with Crippen molar-refractivity contribution in [2.45, 2.75) is 77.5 Å². The first-order chi connectivity index (χ1) is 21.3. The van der Waals surface area contributed by atoms with E-state index in [9.17, 15) is 4.79 Å². The normalized spacial score (nSPS) is 17.1. The minimum atomic E-state index is -0.190. The average molecular weight is 592 g/mol. The second-order valence-electron chi connectivity index (χ2n) is 12.7. The lowest BCUT2D eigenvalue weighted by Gasteiger charge is -2.23. The molecule has 5 aromatic rings. The van der Waals surface area contributed by atoms with Crippen LogP contribution in [0, 0.1) is 6.92 Å². The highest BCUT2D eigenvalue weighted by Gasteiger charge is 2.30. The number of carbonyl (C=O) groups is 1. The zero-order chi connectivity index (χ0) is 30.4. The maximum atomic E-state index is 13.5. The number of hydrogen-bond acceptors (Lipinski definition) is 8. The van der Waals surface area contributed by atoms with Crippen LogP contribution in [-0.4, -0.2) is 46.8 Å². The third kappa shape index (κ3) is 5.43. The van der Waals surface area contributed by atoms with Gasteiger partial charge in [0.1, 0.15) is 35.4 Å². The molecule has 1 amide bonds. The minimum absolute atomic E-state index is 0.0810. The molecule has 1 saturated heterocycles. The van der Waals surface area contributed by atoms with E-state index in [1.165, 1.54) is 0 Å². The van der Waals surface area contributed by atoms with Crippen molar-refractivity contribution in [1.82, 2.24) is 34.3 Å². The molecule has 1 aliphatic heterocycles. The van der Waals surface area contributed by atoms with Crippen molar-refractivity contribution in [3.05, 3.63) is 72.1 Å². The fraction of sp³-hybridized carbons (Fsp3) is 0.394. The number of anilines is 3. The first kappa shape index (κ1) is 28.1. The topological polar surface area (TPSA) is 125 Å². The summed E-state index contributed by atoms with van der Waals surface area (Å²) in [6.07, 6.45) is 10.3. The van der Waals surface area contributed by atoms with Gasteiger partial charge in [0.2, 0.25) is 0 Å². The predicted octanol–water partition coefficient (Wildman–Crippen LogP) is 6.72. The summed E-state index contributed by atoms with van der Waals surface area (Å²) in [6.45, 7) is 9.12. The van der Waals surface area contributed by atoms with Gasteiger partial charge < -0.3 is 15.4 Å². The molecule has 0 radical (unpaired) electrons. The Morgan fingerprint density at radius 2 is 1.89 bits per heavy atom. The highest BCUT2D eigenvalue weighted by Crippen LogP contribution is 2.39. The molecule has 4 aromatic heterocycles. The molecule has 2 N–H and O–H groups in total. The lowest BCUT2D eigenvalue weighted by atomic mass is 9.92. The van der Waals surface area contributed by atoms with Crippen molar-refractivity contribution < 1.29 is 9.53 Å². The molecule has 2 aliphatic rings. The number of nitrogens with one attached hydrogen (secondary N) is 2. The van der Waals surface area contributed by atoms with Crippen molar-refractivity contribution >= 4 is 34.4 Å². The SMILES string of the molecule is Cc1ccc(C(=O)Nc2cc(C(C)(C)C)nn2C2CC2)cc1Nc1ncccc1-c1ncnc2c1ncn2C1CCCCO1. The average Bonchev–Trinajstić information content (AvgIpc) is 3.62. The summed E-state index contributed by atoms with van der Waals surface area (Å²) < 4.78 is 9.96. The van der Waals surface area contributed by atoms with E-state index in [1.807, 2.05) is 52.6 Å². The Morgan fingerprint density at radius 1 is 1.02 bits per heavy atom. The highest BCUT2D eigenvalue weighted by molar-refractivity contribution is 6.04. The Morgan fingerprint density at radius 3 is 2.66 bits per heavy atom. The van der Waals surface area contributed by atoms with Gasteiger partial charge >= 0.3 is 0 Å². The quantitative estimate of drug-likeness (QED) is 0.214. The molecule has 0 spiro atoms. The third-order valence-corrected chi connectivity index (χ3v) is 8.28. The number of aromatic nitrogens is 7.